The molecule has 1 aliphatic heterocycles. The van der Waals surface area contributed by atoms with Crippen LogP contribution in [0.3, 0.4) is 0 Å². The van der Waals surface area contributed by atoms with Crippen molar-refractivity contribution in [3.05, 3.63) is 36.3 Å². The summed E-state index contributed by atoms with van der Waals surface area (Å²) in [6, 6.07) is 6.64. The number of fused-ring (bicyclic) bond motifs is 1. The highest BCUT2D eigenvalue weighted by Crippen LogP contribution is 2.35. The fourth-order valence-corrected chi connectivity index (χ4v) is 4.55. The summed E-state index contributed by atoms with van der Waals surface area (Å²) in [4.78, 5) is 20.1. The van der Waals surface area contributed by atoms with E-state index in [-0.39, 0.29) is 0 Å². The van der Waals surface area contributed by atoms with Gasteiger partial charge in [-0.1, -0.05) is 19.3 Å². The predicted molar refractivity (Wildman–Crippen MR) is 111 cm³/mol. The van der Waals surface area contributed by atoms with Crippen molar-refractivity contribution in [3.63, 3.8) is 0 Å². The summed E-state index contributed by atoms with van der Waals surface area (Å²) < 4.78 is 5.64. The van der Waals surface area contributed by atoms with Crippen LogP contribution < -0.4 is 4.90 Å². The standard InChI is InChI=1S/C22H27N5O/c1-15-14-28-12-11-27(15)20-13-19(16-5-3-2-4-6-16)25-22(26-20)18-8-10-24-21-17(18)7-9-23-21/h7-10,13,15-16H,2-6,11-12,14H2,1H3,(H,23,24)/t15-/m1/s1. The number of hydrogen-bond acceptors (Lipinski definition) is 5. The molecular weight excluding hydrogens is 350 g/mol. The minimum atomic E-state index is 0.320. The molecule has 146 valence electrons. The molecular formula is C22H27N5O. The van der Waals surface area contributed by atoms with Crippen LogP contribution in [0.4, 0.5) is 5.82 Å². The lowest BCUT2D eigenvalue weighted by Gasteiger charge is -2.35. The van der Waals surface area contributed by atoms with Crippen molar-refractivity contribution in [1.82, 2.24) is 19.9 Å². The Bertz CT molecular complexity index is 962. The van der Waals surface area contributed by atoms with E-state index in [4.69, 9.17) is 14.7 Å². The van der Waals surface area contributed by atoms with Crippen LogP contribution in [0.2, 0.25) is 0 Å². The second-order valence-electron chi connectivity index (χ2n) is 8.03. The van der Waals surface area contributed by atoms with Crippen LogP contribution in [-0.2, 0) is 4.74 Å². The van der Waals surface area contributed by atoms with Gasteiger partial charge in [0.25, 0.3) is 0 Å². The zero-order chi connectivity index (χ0) is 18.9. The van der Waals surface area contributed by atoms with Crippen LogP contribution in [0.1, 0.15) is 50.6 Å². The number of hydrogen-bond donors (Lipinski definition) is 1. The highest BCUT2D eigenvalue weighted by molar-refractivity contribution is 5.91. The van der Waals surface area contributed by atoms with Gasteiger partial charge in [-0.15, -0.1) is 0 Å². The minimum Gasteiger partial charge on any atom is -0.377 e. The molecule has 0 unspecified atom stereocenters. The molecule has 3 aromatic heterocycles. The number of nitrogens with one attached hydrogen (secondary N) is 1. The third kappa shape index (κ3) is 3.26. The van der Waals surface area contributed by atoms with Gasteiger partial charge in [-0.2, -0.15) is 0 Å². The van der Waals surface area contributed by atoms with Gasteiger partial charge in [0.1, 0.15) is 11.5 Å². The van der Waals surface area contributed by atoms with Gasteiger partial charge in [0.15, 0.2) is 5.82 Å². The Hall–Kier alpha value is -2.47. The van der Waals surface area contributed by atoms with E-state index < -0.39 is 0 Å². The maximum Gasteiger partial charge on any atom is 0.162 e. The monoisotopic (exact) mass is 377 g/mol. The number of morpholine rings is 1. The molecule has 28 heavy (non-hydrogen) atoms. The first kappa shape index (κ1) is 17.6. The summed E-state index contributed by atoms with van der Waals surface area (Å²) in [5.41, 5.74) is 3.12. The molecule has 6 heteroatoms. The smallest absolute Gasteiger partial charge is 0.162 e. The van der Waals surface area contributed by atoms with Gasteiger partial charge < -0.3 is 14.6 Å². The highest BCUT2D eigenvalue weighted by Gasteiger charge is 2.25. The van der Waals surface area contributed by atoms with Gasteiger partial charge in [-0.05, 0) is 31.9 Å². The summed E-state index contributed by atoms with van der Waals surface area (Å²) in [5.74, 6) is 2.37. The Labute approximate surface area is 165 Å². The minimum absolute atomic E-state index is 0.320. The lowest BCUT2D eigenvalue weighted by atomic mass is 9.86. The number of rotatable bonds is 3. The number of aromatic amines is 1. The molecule has 1 saturated heterocycles. The van der Waals surface area contributed by atoms with Crippen molar-refractivity contribution in [2.75, 3.05) is 24.7 Å². The quantitative estimate of drug-likeness (QED) is 0.737. The predicted octanol–water partition coefficient (Wildman–Crippen LogP) is 4.29. The molecule has 0 amide bonds. The van der Waals surface area contributed by atoms with E-state index in [2.05, 4.69) is 33.9 Å². The highest BCUT2D eigenvalue weighted by atomic mass is 16.5. The van der Waals surface area contributed by atoms with Gasteiger partial charge in [0.05, 0.1) is 19.3 Å². The van der Waals surface area contributed by atoms with Crippen LogP contribution in [-0.4, -0.2) is 45.7 Å². The van der Waals surface area contributed by atoms with Crippen molar-refractivity contribution in [2.45, 2.75) is 51.0 Å². The van der Waals surface area contributed by atoms with Gasteiger partial charge >= 0.3 is 0 Å². The zero-order valence-electron chi connectivity index (χ0n) is 16.4. The molecule has 1 aliphatic carbocycles. The fraction of sp³-hybridized carbons (Fsp3) is 0.500. The molecule has 5 rings (SSSR count). The van der Waals surface area contributed by atoms with Crippen LogP contribution in [0.15, 0.2) is 30.6 Å². The lowest BCUT2D eigenvalue weighted by Crippen LogP contribution is -2.44. The molecule has 0 spiro atoms. The number of ether oxygens (including phenoxy) is 1. The molecule has 6 nitrogen and oxygen atoms in total. The molecule has 0 radical (unpaired) electrons. The van der Waals surface area contributed by atoms with Crippen LogP contribution in [0.25, 0.3) is 22.4 Å². The van der Waals surface area contributed by atoms with E-state index in [1.807, 2.05) is 18.5 Å². The molecule has 1 N–H and O–H groups in total. The van der Waals surface area contributed by atoms with Crippen molar-refractivity contribution in [1.29, 1.82) is 0 Å². The maximum absolute atomic E-state index is 5.64. The van der Waals surface area contributed by atoms with Gasteiger partial charge in [-0.3, -0.25) is 0 Å². The van der Waals surface area contributed by atoms with E-state index in [1.54, 1.807) is 0 Å². The molecule has 1 saturated carbocycles. The maximum atomic E-state index is 5.64. The number of pyridine rings is 1. The molecule has 0 bridgehead atoms. The van der Waals surface area contributed by atoms with E-state index >= 15 is 0 Å². The normalized spacial score (nSPS) is 21.3. The second-order valence-corrected chi connectivity index (χ2v) is 8.03. The van der Waals surface area contributed by atoms with E-state index in [0.717, 1.165) is 48.0 Å². The van der Waals surface area contributed by atoms with Gasteiger partial charge in [0, 0.05) is 47.6 Å². The topological polar surface area (TPSA) is 66.9 Å². The van der Waals surface area contributed by atoms with E-state index in [0.29, 0.717) is 12.0 Å². The molecule has 1 atom stereocenters. The Balaban J connectivity index is 1.63. The first-order valence-electron chi connectivity index (χ1n) is 10.5. The van der Waals surface area contributed by atoms with Gasteiger partial charge in [-0.25, -0.2) is 15.0 Å². The molecule has 2 aliphatic rings. The van der Waals surface area contributed by atoms with Crippen molar-refractivity contribution in [3.8, 4) is 11.4 Å². The summed E-state index contributed by atoms with van der Waals surface area (Å²) in [5, 5.41) is 1.07. The number of nitrogens with zero attached hydrogens (tertiary/aromatic N) is 4. The van der Waals surface area contributed by atoms with Gasteiger partial charge in [0.2, 0.25) is 0 Å². The number of aromatic nitrogens is 4. The lowest BCUT2D eigenvalue weighted by molar-refractivity contribution is 0.0985. The van der Waals surface area contributed by atoms with E-state index in [1.165, 1.54) is 37.8 Å². The SMILES string of the molecule is C[C@@H]1COCCN1c1cc(C2CCCCC2)nc(-c2ccnc3[nH]ccc23)n1. The van der Waals surface area contributed by atoms with Crippen LogP contribution in [0, 0.1) is 0 Å². The summed E-state index contributed by atoms with van der Waals surface area (Å²) in [7, 11) is 0. The Morgan fingerprint density at radius 2 is 2.04 bits per heavy atom. The summed E-state index contributed by atoms with van der Waals surface area (Å²) in [6.07, 6.45) is 10.2. The summed E-state index contributed by atoms with van der Waals surface area (Å²) >= 11 is 0. The molecule has 2 fully saturated rings. The zero-order valence-corrected chi connectivity index (χ0v) is 16.4. The van der Waals surface area contributed by atoms with E-state index in [9.17, 15) is 0 Å². The molecule has 3 aromatic rings. The number of anilines is 1. The number of H-pyrrole nitrogens is 1. The van der Waals surface area contributed by atoms with Crippen LogP contribution in [0.5, 0.6) is 0 Å². The van der Waals surface area contributed by atoms with Crippen molar-refractivity contribution in [2.24, 2.45) is 0 Å². The second kappa shape index (κ2) is 7.51. The Morgan fingerprint density at radius 1 is 1.14 bits per heavy atom. The largest absolute Gasteiger partial charge is 0.377 e. The van der Waals surface area contributed by atoms with Crippen LogP contribution >= 0.6 is 0 Å². The average molecular weight is 377 g/mol. The fourth-order valence-electron chi connectivity index (χ4n) is 4.55. The Morgan fingerprint density at radius 3 is 2.89 bits per heavy atom. The van der Waals surface area contributed by atoms with Crippen molar-refractivity contribution < 1.29 is 4.74 Å². The van der Waals surface area contributed by atoms with Crippen molar-refractivity contribution >= 4 is 16.9 Å². The first-order chi connectivity index (χ1) is 13.8. The third-order valence-corrected chi connectivity index (χ3v) is 6.12. The average Bonchev–Trinajstić information content (AvgIpc) is 3.23. The molecule has 0 aromatic carbocycles. The molecule has 4 heterocycles. The third-order valence-electron chi connectivity index (χ3n) is 6.12. The summed E-state index contributed by atoms with van der Waals surface area (Å²) in [6.45, 7) is 4.57. The Kier molecular flexibility index (Phi) is 4.72. The first-order valence-corrected chi connectivity index (χ1v) is 10.5.